The lowest BCUT2D eigenvalue weighted by Crippen LogP contribution is -2.07. The first-order chi connectivity index (χ1) is 13.4. The Kier molecular flexibility index (Phi) is 13.4. The topological polar surface area (TPSA) is 52.6 Å². The van der Waals surface area contributed by atoms with Gasteiger partial charge in [-0.3, -0.25) is 9.59 Å². The molecule has 0 aliphatic heterocycles. The van der Waals surface area contributed by atoms with E-state index >= 15 is 0 Å². The average molecular weight is 452 g/mol. The molecule has 0 fully saturated rings. The lowest BCUT2D eigenvalue weighted by atomic mass is 10.1. The normalized spacial score (nSPS) is 10.7. The first kappa shape index (κ1) is 25.1. The van der Waals surface area contributed by atoms with Crippen LogP contribution in [0.4, 0.5) is 0 Å². The Hall–Kier alpha value is -0.970. The van der Waals surface area contributed by atoms with E-state index in [0.717, 1.165) is 57.8 Å². The molecule has 0 bridgehead atoms. The highest BCUT2D eigenvalue weighted by molar-refractivity contribution is 6.48. The summed E-state index contributed by atoms with van der Waals surface area (Å²) in [4.78, 5) is 23.4. The molecule has 7 heteroatoms. The summed E-state index contributed by atoms with van der Waals surface area (Å²) in [6, 6.07) is 2.95. The number of carbonyl (C=O) groups excluding carboxylic acids is 2. The van der Waals surface area contributed by atoms with E-state index in [-0.39, 0.29) is 27.0 Å². The van der Waals surface area contributed by atoms with Gasteiger partial charge in [0.2, 0.25) is 0 Å². The fourth-order valence-electron chi connectivity index (χ4n) is 2.63. The van der Waals surface area contributed by atoms with Gasteiger partial charge in [-0.25, -0.2) is 0 Å². The maximum absolute atomic E-state index is 11.9. The highest BCUT2D eigenvalue weighted by atomic mass is 35.5. The van der Waals surface area contributed by atoms with Gasteiger partial charge in [0.15, 0.2) is 0 Å². The Morgan fingerprint density at radius 1 is 0.786 bits per heavy atom. The van der Waals surface area contributed by atoms with Crippen molar-refractivity contribution in [1.29, 1.82) is 0 Å². The van der Waals surface area contributed by atoms with Crippen LogP contribution in [-0.4, -0.2) is 18.5 Å². The lowest BCUT2D eigenvalue weighted by Gasteiger charge is -2.07. The predicted molar refractivity (Wildman–Crippen MR) is 115 cm³/mol. The number of benzene rings is 1. The summed E-state index contributed by atoms with van der Waals surface area (Å²) in [5, 5.41) is 0.747. The first-order valence-corrected chi connectivity index (χ1v) is 11.1. The molecule has 1 rings (SSSR count). The third-order valence-electron chi connectivity index (χ3n) is 4.21. The van der Waals surface area contributed by atoms with Crippen LogP contribution in [-0.2, 0) is 14.3 Å². The molecule has 0 saturated carbocycles. The molecule has 0 atom stereocenters. The Bertz CT molecular complexity index is 597. The Labute approximate surface area is 182 Å². The third-order valence-corrected chi connectivity index (χ3v) is 5.41. The Morgan fingerprint density at radius 3 is 1.89 bits per heavy atom. The van der Waals surface area contributed by atoms with E-state index in [2.05, 4.69) is 6.92 Å². The number of rotatable bonds is 14. The fourth-order valence-corrected chi connectivity index (χ4v) is 3.21. The molecule has 0 N–H and O–H groups in total. The summed E-state index contributed by atoms with van der Waals surface area (Å²) < 4.78 is 10.4. The molecular formula is C21H29Cl3O4. The van der Waals surface area contributed by atoms with Crippen molar-refractivity contribution >= 4 is 46.7 Å². The van der Waals surface area contributed by atoms with Gasteiger partial charge in [-0.1, -0.05) is 80.3 Å². The van der Waals surface area contributed by atoms with Crippen molar-refractivity contribution in [2.75, 3.05) is 6.61 Å². The third kappa shape index (κ3) is 11.1. The van der Waals surface area contributed by atoms with Crippen LogP contribution >= 0.6 is 34.8 Å². The molecule has 0 unspecified atom stereocenters. The molecule has 0 aromatic heterocycles. The van der Waals surface area contributed by atoms with E-state index in [1.54, 1.807) is 0 Å². The largest absolute Gasteiger partial charge is 0.466 e. The number of carbonyl (C=O) groups is 2. The monoisotopic (exact) mass is 450 g/mol. The van der Waals surface area contributed by atoms with Crippen LogP contribution in [0.2, 0.25) is 15.1 Å². The fraction of sp³-hybridized carbons (Fsp3) is 0.619. The zero-order valence-corrected chi connectivity index (χ0v) is 18.7. The van der Waals surface area contributed by atoms with Crippen molar-refractivity contribution < 1.29 is 19.1 Å². The van der Waals surface area contributed by atoms with Gasteiger partial charge in [-0.15, -0.1) is 0 Å². The maximum Gasteiger partial charge on any atom is 0.311 e. The van der Waals surface area contributed by atoms with Gasteiger partial charge in [-0.05, 0) is 19.3 Å². The lowest BCUT2D eigenvalue weighted by molar-refractivity contribution is -0.144. The molecule has 0 spiro atoms. The molecule has 28 heavy (non-hydrogen) atoms. The molecule has 4 nitrogen and oxygen atoms in total. The van der Waals surface area contributed by atoms with Crippen molar-refractivity contribution in [3.05, 3.63) is 27.2 Å². The van der Waals surface area contributed by atoms with Gasteiger partial charge in [0, 0.05) is 25.0 Å². The number of unbranched alkanes of at least 4 members (excludes halogenated alkanes) is 7. The van der Waals surface area contributed by atoms with Crippen molar-refractivity contribution in [1.82, 2.24) is 0 Å². The second-order valence-electron chi connectivity index (χ2n) is 6.72. The van der Waals surface area contributed by atoms with E-state index < -0.39 is 0 Å². The molecule has 0 aliphatic rings. The summed E-state index contributed by atoms with van der Waals surface area (Å²) in [6.45, 7) is 2.66. The minimum atomic E-state index is -0.319. The SMILES string of the molecule is CCCCCOC(=O)CCCCCCCCC(=O)Oc1cc(Cl)c(Cl)c(Cl)c1. The van der Waals surface area contributed by atoms with Crippen LogP contribution in [0.3, 0.4) is 0 Å². The van der Waals surface area contributed by atoms with Crippen LogP contribution in [0, 0.1) is 0 Å². The van der Waals surface area contributed by atoms with Crippen LogP contribution < -0.4 is 4.74 Å². The second kappa shape index (κ2) is 14.9. The first-order valence-electron chi connectivity index (χ1n) is 9.95. The molecule has 0 saturated heterocycles. The van der Waals surface area contributed by atoms with Crippen LogP contribution in [0.5, 0.6) is 5.75 Å². The Morgan fingerprint density at radius 2 is 1.32 bits per heavy atom. The zero-order valence-electron chi connectivity index (χ0n) is 16.4. The summed E-state index contributed by atoms with van der Waals surface area (Å²) >= 11 is 17.7. The van der Waals surface area contributed by atoms with Gasteiger partial charge < -0.3 is 9.47 Å². The standard InChI is InChI=1S/C21H29Cl3O4/c1-2-3-10-13-27-19(25)11-8-6-4-5-7-9-12-20(26)28-16-14-17(22)21(24)18(23)15-16/h14-15H,2-13H2,1H3. The number of hydrogen-bond acceptors (Lipinski definition) is 4. The van der Waals surface area contributed by atoms with Gasteiger partial charge in [-0.2, -0.15) is 0 Å². The molecule has 1 aromatic carbocycles. The van der Waals surface area contributed by atoms with Crippen molar-refractivity contribution in [2.24, 2.45) is 0 Å². The molecule has 1 aromatic rings. The number of halogens is 3. The highest BCUT2D eigenvalue weighted by Crippen LogP contribution is 2.34. The number of esters is 2. The summed E-state index contributed by atoms with van der Waals surface area (Å²) in [6.07, 6.45) is 9.61. The van der Waals surface area contributed by atoms with Crippen LogP contribution in [0.15, 0.2) is 12.1 Å². The Balaban J connectivity index is 2.02. The van der Waals surface area contributed by atoms with Gasteiger partial charge in [0.1, 0.15) is 5.75 Å². The predicted octanol–water partition coefficient (Wildman–Crippen LogP) is 7.41. The van der Waals surface area contributed by atoms with Gasteiger partial charge in [0.25, 0.3) is 0 Å². The molecule has 0 heterocycles. The van der Waals surface area contributed by atoms with E-state index in [1.807, 2.05) is 0 Å². The smallest absolute Gasteiger partial charge is 0.311 e. The molecule has 158 valence electrons. The van der Waals surface area contributed by atoms with Crippen LogP contribution in [0.25, 0.3) is 0 Å². The molecule has 0 amide bonds. The van der Waals surface area contributed by atoms with Gasteiger partial charge in [0.05, 0.1) is 21.7 Å². The quantitative estimate of drug-likeness (QED) is 0.128. The van der Waals surface area contributed by atoms with Crippen LogP contribution in [0.1, 0.15) is 77.6 Å². The van der Waals surface area contributed by atoms with E-state index in [0.29, 0.717) is 25.2 Å². The zero-order chi connectivity index (χ0) is 20.8. The van der Waals surface area contributed by atoms with E-state index in [9.17, 15) is 9.59 Å². The van der Waals surface area contributed by atoms with Crippen molar-refractivity contribution in [3.63, 3.8) is 0 Å². The summed E-state index contributed by atoms with van der Waals surface area (Å²) in [5.74, 6) is -0.118. The summed E-state index contributed by atoms with van der Waals surface area (Å²) in [5.41, 5.74) is 0. The van der Waals surface area contributed by atoms with Gasteiger partial charge >= 0.3 is 11.9 Å². The second-order valence-corrected chi connectivity index (χ2v) is 7.92. The highest BCUT2D eigenvalue weighted by Gasteiger charge is 2.10. The average Bonchev–Trinajstić information content (AvgIpc) is 2.65. The molecule has 0 radical (unpaired) electrons. The minimum absolute atomic E-state index is 0.0961. The minimum Gasteiger partial charge on any atom is -0.466 e. The summed E-state index contributed by atoms with van der Waals surface area (Å²) in [7, 11) is 0. The molecular weight excluding hydrogens is 423 g/mol. The van der Waals surface area contributed by atoms with E-state index in [1.165, 1.54) is 12.1 Å². The van der Waals surface area contributed by atoms with E-state index in [4.69, 9.17) is 44.3 Å². The maximum atomic E-state index is 11.9. The number of ether oxygens (including phenoxy) is 2. The molecule has 0 aliphatic carbocycles. The van der Waals surface area contributed by atoms with Crippen molar-refractivity contribution in [3.8, 4) is 5.75 Å². The number of hydrogen-bond donors (Lipinski definition) is 0. The van der Waals surface area contributed by atoms with Crippen molar-refractivity contribution in [2.45, 2.75) is 77.6 Å².